The maximum absolute atomic E-state index is 12.0. The number of nitrogens with one attached hydrogen (secondary N) is 2. The molecule has 2 N–H and O–H groups in total. The number of rotatable bonds is 8. The van der Waals surface area contributed by atoms with E-state index in [-0.39, 0.29) is 5.91 Å². The zero-order chi connectivity index (χ0) is 18.4. The molecule has 3 rings (SSSR count). The summed E-state index contributed by atoms with van der Waals surface area (Å²) in [4.78, 5) is 19.4. The average Bonchev–Trinajstić information content (AvgIpc) is 3.29. The number of carbonyl (C=O) groups excluding carboxylic acids is 1. The number of hydrogen-bond donors (Lipinski definition) is 2. The highest BCUT2D eigenvalue weighted by molar-refractivity contribution is 5.76. The van der Waals surface area contributed by atoms with Gasteiger partial charge in [-0.1, -0.05) is 12.1 Å². The largest absolute Gasteiger partial charge is 0.349 e. The van der Waals surface area contributed by atoms with Gasteiger partial charge in [-0.25, -0.2) is 4.98 Å². The van der Waals surface area contributed by atoms with Gasteiger partial charge in [0.05, 0.1) is 30.1 Å². The molecular weight excluding hydrogens is 328 g/mol. The van der Waals surface area contributed by atoms with Crippen LogP contribution < -0.4 is 5.32 Å². The second-order valence-electron chi connectivity index (χ2n) is 6.10. The van der Waals surface area contributed by atoms with Crippen molar-refractivity contribution in [3.63, 3.8) is 0 Å². The van der Waals surface area contributed by atoms with Crippen LogP contribution in [0.3, 0.4) is 0 Å². The van der Waals surface area contributed by atoms with E-state index < -0.39 is 5.66 Å². The van der Waals surface area contributed by atoms with E-state index in [0.29, 0.717) is 43.6 Å². The number of H-pyrrole nitrogens is 1. The van der Waals surface area contributed by atoms with Crippen molar-refractivity contribution in [1.29, 1.82) is 5.26 Å². The van der Waals surface area contributed by atoms with E-state index >= 15 is 0 Å². The average molecular weight is 346 g/mol. The fourth-order valence-electron chi connectivity index (χ4n) is 2.61. The van der Waals surface area contributed by atoms with E-state index in [9.17, 15) is 4.79 Å². The first-order chi connectivity index (χ1) is 12.6. The van der Waals surface area contributed by atoms with Crippen molar-refractivity contribution in [2.45, 2.75) is 37.9 Å². The first kappa shape index (κ1) is 17.4. The van der Waals surface area contributed by atoms with Gasteiger partial charge in [-0.2, -0.15) is 15.5 Å². The van der Waals surface area contributed by atoms with E-state index in [4.69, 9.17) is 11.7 Å². The van der Waals surface area contributed by atoms with Gasteiger partial charge in [0.15, 0.2) is 5.66 Å². The van der Waals surface area contributed by atoms with Crippen LogP contribution >= 0.6 is 0 Å². The molecule has 0 saturated carbocycles. The molecule has 0 atom stereocenters. The first-order valence-corrected chi connectivity index (χ1v) is 8.33. The summed E-state index contributed by atoms with van der Waals surface area (Å²) in [5.41, 5.74) is 1.83. The van der Waals surface area contributed by atoms with Crippen LogP contribution in [0, 0.1) is 23.7 Å². The van der Waals surface area contributed by atoms with Crippen LogP contribution in [0.2, 0.25) is 0 Å². The molecule has 1 aromatic carbocycles. The minimum Gasteiger partial charge on any atom is -0.349 e. The zero-order valence-electron chi connectivity index (χ0n) is 14.2. The van der Waals surface area contributed by atoms with E-state index in [2.05, 4.69) is 37.5 Å². The third-order valence-corrected chi connectivity index (χ3v) is 4.19. The smallest absolute Gasteiger partial charge is 0.220 e. The van der Waals surface area contributed by atoms with Crippen LogP contribution in [0.4, 0.5) is 0 Å². The van der Waals surface area contributed by atoms with Gasteiger partial charge in [-0.05, 0) is 12.1 Å². The Labute approximate surface area is 151 Å². The second-order valence-corrected chi connectivity index (χ2v) is 6.10. The van der Waals surface area contributed by atoms with E-state index in [1.54, 1.807) is 18.3 Å². The molecular formula is C19H18N6O. The Hall–Kier alpha value is -3.45. The van der Waals surface area contributed by atoms with Crippen molar-refractivity contribution in [3.8, 4) is 29.7 Å². The summed E-state index contributed by atoms with van der Waals surface area (Å²) < 4.78 is 0. The molecule has 1 amide bonds. The number of terminal acetylenes is 1. The van der Waals surface area contributed by atoms with Crippen molar-refractivity contribution < 1.29 is 4.79 Å². The van der Waals surface area contributed by atoms with Gasteiger partial charge in [0.2, 0.25) is 5.91 Å². The lowest BCUT2D eigenvalue weighted by Crippen LogP contribution is -2.25. The second kappa shape index (κ2) is 7.62. The monoisotopic (exact) mass is 346 g/mol. The molecule has 7 heteroatoms. The van der Waals surface area contributed by atoms with Gasteiger partial charge in [0.1, 0.15) is 5.82 Å². The zero-order valence-corrected chi connectivity index (χ0v) is 14.2. The summed E-state index contributed by atoms with van der Waals surface area (Å²) in [6.07, 6.45) is 9.16. The minimum atomic E-state index is -0.437. The number of aromatic nitrogens is 2. The maximum atomic E-state index is 12.0. The first-order valence-electron chi connectivity index (χ1n) is 8.33. The van der Waals surface area contributed by atoms with E-state index in [0.717, 1.165) is 11.3 Å². The molecule has 0 unspecified atom stereocenters. The summed E-state index contributed by atoms with van der Waals surface area (Å²) in [6, 6.07) is 9.36. The predicted molar refractivity (Wildman–Crippen MR) is 95.5 cm³/mol. The molecule has 0 spiro atoms. The summed E-state index contributed by atoms with van der Waals surface area (Å²) in [5.74, 6) is 3.14. The number of nitriles is 1. The molecule has 1 aliphatic rings. The Bertz CT molecular complexity index is 909. The predicted octanol–water partition coefficient (Wildman–Crippen LogP) is 2.92. The molecule has 26 heavy (non-hydrogen) atoms. The van der Waals surface area contributed by atoms with Gasteiger partial charge in [-0.3, -0.25) is 4.79 Å². The number of hydrogen-bond acceptors (Lipinski definition) is 5. The number of nitrogens with zero attached hydrogens (tertiary/aromatic N) is 4. The summed E-state index contributed by atoms with van der Waals surface area (Å²) >= 11 is 0. The van der Waals surface area contributed by atoms with Gasteiger partial charge in [0.25, 0.3) is 0 Å². The molecule has 7 nitrogen and oxygen atoms in total. The van der Waals surface area contributed by atoms with Crippen molar-refractivity contribution >= 4 is 5.91 Å². The molecule has 2 aromatic rings. The summed E-state index contributed by atoms with van der Waals surface area (Å²) in [6.45, 7) is 0.308. The quantitative estimate of drug-likeness (QED) is 0.718. The van der Waals surface area contributed by atoms with Crippen LogP contribution in [0.25, 0.3) is 11.3 Å². The van der Waals surface area contributed by atoms with Crippen LogP contribution in [0.15, 0.2) is 40.7 Å². The Morgan fingerprint density at radius 1 is 1.35 bits per heavy atom. The van der Waals surface area contributed by atoms with Crippen LogP contribution in [0.1, 0.15) is 37.1 Å². The molecule has 1 aliphatic heterocycles. The van der Waals surface area contributed by atoms with Crippen LogP contribution in [-0.4, -0.2) is 21.5 Å². The third-order valence-electron chi connectivity index (χ3n) is 4.19. The van der Waals surface area contributed by atoms with Crippen molar-refractivity contribution in [2.75, 3.05) is 0 Å². The lowest BCUT2D eigenvalue weighted by molar-refractivity contribution is -0.121. The lowest BCUT2D eigenvalue weighted by Gasteiger charge is -2.08. The molecule has 130 valence electrons. The normalized spacial score (nSPS) is 13.6. The molecule has 2 heterocycles. The molecule has 0 radical (unpaired) electrons. The van der Waals surface area contributed by atoms with Gasteiger partial charge < -0.3 is 10.3 Å². The number of carbonyl (C=O) groups is 1. The lowest BCUT2D eigenvalue weighted by atomic mass is 10.0. The Balaban J connectivity index is 1.48. The maximum Gasteiger partial charge on any atom is 0.220 e. The third kappa shape index (κ3) is 4.34. The summed E-state index contributed by atoms with van der Waals surface area (Å²) in [7, 11) is 0. The highest BCUT2D eigenvalue weighted by Gasteiger charge is 2.39. The van der Waals surface area contributed by atoms with Crippen molar-refractivity contribution in [3.05, 3.63) is 41.9 Å². The number of benzene rings is 1. The SMILES string of the molecule is C#CCCC1(CCC(=O)NCc2ncc(-c3cccc(C#N)c3)[nH]2)N=N1. The highest BCUT2D eigenvalue weighted by Crippen LogP contribution is 2.37. The van der Waals surface area contributed by atoms with Crippen molar-refractivity contribution in [2.24, 2.45) is 10.2 Å². The Morgan fingerprint density at radius 3 is 2.92 bits per heavy atom. The molecule has 0 aliphatic carbocycles. The fourth-order valence-corrected chi connectivity index (χ4v) is 2.61. The Morgan fingerprint density at radius 2 is 2.19 bits per heavy atom. The van der Waals surface area contributed by atoms with Gasteiger partial charge in [-0.15, -0.1) is 12.3 Å². The highest BCUT2D eigenvalue weighted by atomic mass is 16.1. The molecule has 0 bridgehead atoms. The molecule has 1 aromatic heterocycles. The Kier molecular flexibility index (Phi) is 5.09. The van der Waals surface area contributed by atoms with E-state index in [1.165, 1.54) is 0 Å². The van der Waals surface area contributed by atoms with E-state index in [1.807, 2.05) is 12.1 Å². The topological polar surface area (TPSA) is 106 Å². The molecule has 0 fully saturated rings. The van der Waals surface area contributed by atoms with Crippen LogP contribution in [0.5, 0.6) is 0 Å². The van der Waals surface area contributed by atoms with Crippen molar-refractivity contribution in [1.82, 2.24) is 15.3 Å². The number of amides is 1. The number of imidazole rings is 1. The fraction of sp³-hybridized carbons (Fsp3) is 0.316. The van der Waals surface area contributed by atoms with Gasteiger partial charge >= 0.3 is 0 Å². The molecule has 0 saturated heterocycles. The summed E-state index contributed by atoms with van der Waals surface area (Å²) in [5, 5.41) is 19.8. The van der Waals surface area contributed by atoms with Gasteiger partial charge in [0, 0.05) is 31.2 Å². The number of aromatic amines is 1. The van der Waals surface area contributed by atoms with Crippen LogP contribution in [-0.2, 0) is 11.3 Å². The minimum absolute atomic E-state index is 0.0770. The standard InChI is InChI=1S/C19H18N6O/c1-2-3-8-19(24-25-19)9-7-18(26)22-13-17-21-12-16(23-17)15-6-4-5-14(10-15)11-20/h1,4-6,10,12H,3,7-9,13H2,(H,21,23)(H,22,26).